The summed E-state index contributed by atoms with van der Waals surface area (Å²) < 4.78 is 45.5. The highest BCUT2D eigenvalue weighted by Gasteiger charge is 2.40. The van der Waals surface area contributed by atoms with Crippen LogP contribution < -0.4 is 11.2 Å². The molecule has 17 heteroatoms. The zero-order valence-corrected chi connectivity index (χ0v) is 15.0. The van der Waals surface area contributed by atoms with Crippen LogP contribution in [0.4, 0.5) is 0 Å². The van der Waals surface area contributed by atoms with Crippen LogP contribution in [0.2, 0.25) is 0 Å². The summed E-state index contributed by atoms with van der Waals surface area (Å²) in [5.41, 5.74) is -1.20. The largest absolute Gasteiger partial charge is 0.490 e. The van der Waals surface area contributed by atoms with Crippen molar-refractivity contribution in [1.29, 1.82) is 0 Å². The zero-order chi connectivity index (χ0) is 19.3. The van der Waals surface area contributed by atoms with E-state index in [9.17, 15) is 28.2 Å². The number of nitrogens with zero attached hydrogens (tertiary/aromatic N) is 1. The first-order chi connectivity index (χ1) is 11.3. The van der Waals surface area contributed by atoms with Gasteiger partial charge in [-0.1, -0.05) is 0 Å². The molecule has 0 saturated carbocycles. The third-order valence-electron chi connectivity index (χ3n) is 2.36. The highest BCUT2D eigenvalue weighted by Crippen LogP contribution is 2.66. The quantitative estimate of drug-likeness (QED) is 0.241. The molecule has 0 aliphatic carbocycles. The van der Waals surface area contributed by atoms with Gasteiger partial charge in [-0.05, 0) is 12.8 Å². The van der Waals surface area contributed by atoms with Crippen LogP contribution >= 0.6 is 23.5 Å². The number of aromatic nitrogens is 2. The lowest BCUT2D eigenvalue weighted by Gasteiger charge is -2.16. The second kappa shape index (κ2) is 8.65. The fraction of sp³-hybridized carbons (Fsp3) is 0.500. The zero-order valence-electron chi connectivity index (χ0n) is 12.3. The van der Waals surface area contributed by atoms with E-state index in [0.717, 1.165) is 6.07 Å². The molecule has 0 radical (unpaired) electrons. The third-order valence-corrected chi connectivity index (χ3v) is 6.20. The van der Waals surface area contributed by atoms with Crippen molar-refractivity contribution >= 4 is 23.5 Å². The number of H-pyrrole nitrogens is 1. The van der Waals surface area contributed by atoms with E-state index in [1.54, 1.807) is 0 Å². The van der Waals surface area contributed by atoms with Crippen LogP contribution in [-0.4, -0.2) is 35.7 Å². The Morgan fingerprint density at radius 1 is 1.00 bits per heavy atom. The van der Waals surface area contributed by atoms with Crippen LogP contribution in [0, 0.1) is 0 Å². The van der Waals surface area contributed by atoms with Crippen LogP contribution in [0.3, 0.4) is 0 Å². The van der Waals surface area contributed by atoms with Crippen molar-refractivity contribution in [3.05, 3.63) is 33.1 Å². The lowest BCUT2D eigenvalue weighted by Crippen LogP contribution is -2.28. The number of aromatic amines is 1. The Bertz CT molecular complexity index is 839. The summed E-state index contributed by atoms with van der Waals surface area (Å²) in [6.45, 7) is -0.294. The summed E-state index contributed by atoms with van der Waals surface area (Å²) in [7, 11) is -16.1. The lowest BCUT2D eigenvalue weighted by molar-refractivity contribution is 0.169. The molecule has 1 rings (SSSR count). The van der Waals surface area contributed by atoms with Gasteiger partial charge in [0, 0.05) is 18.8 Å². The van der Waals surface area contributed by atoms with Gasteiger partial charge in [-0.15, -0.1) is 0 Å². The molecule has 25 heavy (non-hydrogen) atoms. The number of phosphoric acid groups is 3. The van der Waals surface area contributed by atoms with Gasteiger partial charge in [0.25, 0.3) is 5.56 Å². The van der Waals surface area contributed by atoms with Crippen LogP contribution in [0.25, 0.3) is 0 Å². The van der Waals surface area contributed by atoms with Gasteiger partial charge in [0.15, 0.2) is 0 Å². The normalized spacial score (nSPS) is 17.0. The number of rotatable bonds is 10. The molecule has 2 unspecified atom stereocenters. The number of phosphoric ester groups is 1. The van der Waals surface area contributed by atoms with E-state index >= 15 is 0 Å². The first-order valence-corrected chi connectivity index (χ1v) is 10.9. The van der Waals surface area contributed by atoms with E-state index in [1.165, 1.54) is 10.8 Å². The maximum atomic E-state index is 11.4. The second-order valence-electron chi connectivity index (χ2n) is 4.43. The number of aryl methyl sites for hydroxylation is 1. The van der Waals surface area contributed by atoms with E-state index in [2.05, 4.69) is 13.1 Å². The summed E-state index contributed by atoms with van der Waals surface area (Å²) in [6.07, 6.45) is 1.62. The van der Waals surface area contributed by atoms with Crippen LogP contribution in [0.15, 0.2) is 21.9 Å². The van der Waals surface area contributed by atoms with Crippen LogP contribution in [-0.2, 0) is 33.4 Å². The SMILES string of the molecule is O=c1ccn(CCCCOP(=O)(O)OP(=O)(O)OP(=O)(O)O)c(=O)[nH]1. The fourth-order valence-electron chi connectivity index (χ4n) is 1.49. The average Bonchev–Trinajstić information content (AvgIpc) is 2.36. The van der Waals surface area contributed by atoms with Crippen molar-refractivity contribution in [2.45, 2.75) is 19.4 Å². The van der Waals surface area contributed by atoms with Gasteiger partial charge in [0.05, 0.1) is 6.61 Å². The van der Waals surface area contributed by atoms with Crippen molar-refractivity contribution in [3.8, 4) is 0 Å². The van der Waals surface area contributed by atoms with Gasteiger partial charge >= 0.3 is 29.2 Å². The van der Waals surface area contributed by atoms with Crippen LogP contribution in [0.1, 0.15) is 12.8 Å². The smallest absolute Gasteiger partial charge is 0.302 e. The molecule has 14 nitrogen and oxygen atoms in total. The Morgan fingerprint density at radius 2 is 1.64 bits per heavy atom. The predicted molar refractivity (Wildman–Crippen MR) is 80.4 cm³/mol. The van der Waals surface area contributed by atoms with Crippen molar-refractivity contribution in [3.63, 3.8) is 0 Å². The molecule has 144 valence electrons. The molecule has 0 amide bonds. The molecule has 0 aromatic carbocycles. The standard InChI is InChI=1S/C8H15N2O12P3/c11-7-3-5-10(8(12)9-7)4-1-2-6-20-24(16,17)22-25(18,19)21-23(13,14)15/h3,5H,1-2,4,6H2,(H,16,17)(H,18,19)(H,9,11,12)(H2,13,14,15). The monoisotopic (exact) mass is 424 g/mol. The van der Waals surface area contributed by atoms with Gasteiger partial charge in [0.2, 0.25) is 0 Å². The molecular formula is C8H15N2O12P3. The maximum Gasteiger partial charge on any atom is 0.490 e. The lowest BCUT2D eigenvalue weighted by atomic mass is 10.3. The Balaban J connectivity index is 2.43. The van der Waals surface area contributed by atoms with Crippen molar-refractivity contribution < 1.29 is 46.4 Å². The first kappa shape index (κ1) is 22.1. The second-order valence-corrected chi connectivity index (χ2v) is 8.85. The summed E-state index contributed by atoms with van der Waals surface area (Å²) in [6, 6.07) is 1.13. The van der Waals surface area contributed by atoms with E-state index in [4.69, 9.17) is 14.7 Å². The average molecular weight is 424 g/mol. The van der Waals surface area contributed by atoms with Crippen LogP contribution in [0.5, 0.6) is 0 Å². The molecule has 0 aliphatic heterocycles. The van der Waals surface area contributed by atoms with Gasteiger partial charge < -0.3 is 24.1 Å². The molecule has 1 aromatic rings. The summed E-state index contributed by atoms with van der Waals surface area (Å²) in [5.74, 6) is 0. The fourth-order valence-corrected chi connectivity index (χ4v) is 4.54. The number of hydrogen-bond acceptors (Lipinski definition) is 8. The van der Waals surface area contributed by atoms with Gasteiger partial charge in [-0.3, -0.25) is 14.3 Å². The maximum absolute atomic E-state index is 11.4. The highest BCUT2D eigenvalue weighted by molar-refractivity contribution is 7.66. The highest BCUT2D eigenvalue weighted by atomic mass is 31.3. The first-order valence-electron chi connectivity index (χ1n) is 6.38. The van der Waals surface area contributed by atoms with E-state index in [0.29, 0.717) is 0 Å². The summed E-state index contributed by atoms with van der Waals surface area (Å²) in [4.78, 5) is 59.1. The molecule has 2 atom stereocenters. The molecule has 0 spiro atoms. The minimum absolute atomic E-state index is 0.106. The molecule has 0 saturated heterocycles. The van der Waals surface area contributed by atoms with Gasteiger partial charge in [0.1, 0.15) is 0 Å². The Morgan fingerprint density at radius 3 is 2.20 bits per heavy atom. The number of unbranched alkanes of at least 4 members (excludes halogenated alkanes) is 1. The van der Waals surface area contributed by atoms with E-state index in [1.807, 2.05) is 4.98 Å². The summed E-state index contributed by atoms with van der Waals surface area (Å²) in [5, 5.41) is 0. The van der Waals surface area contributed by atoms with Crippen molar-refractivity contribution in [1.82, 2.24) is 9.55 Å². The van der Waals surface area contributed by atoms with E-state index < -0.39 is 41.3 Å². The Hall–Kier alpha value is -0.910. The Labute approximate surface area is 139 Å². The molecule has 1 heterocycles. The molecule has 0 aliphatic rings. The van der Waals surface area contributed by atoms with Crippen molar-refractivity contribution in [2.24, 2.45) is 0 Å². The van der Waals surface area contributed by atoms with Gasteiger partial charge in [-0.2, -0.15) is 8.62 Å². The molecule has 1 aromatic heterocycles. The number of nitrogens with one attached hydrogen (secondary N) is 1. The van der Waals surface area contributed by atoms with E-state index in [-0.39, 0.29) is 19.4 Å². The molecule has 5 N–H and O–H groups in total. The third kappa shape index (κ3) is 9.38. The minimum atomic E-state index is -5.53. The molecular weight excluding hydrogens is 409 g/mol. The predicted octanol–water partition coefficient (Wildman–Crippen LogP) is -0.340. The minimum Gasteiger partial charge on any atom is -0.302 e. The van der Waals surface area contributed by atoms with Gasteiger partial charge in [-0.25, -0.2) is 18.5 Å². The summed E-state index contributed by atoms with van der Waals surface area (Å²) >= 11 is 0. The number of hydrogen-bond donors (Lipinski definition) is 5. The molecule has 0 fully saturated rings. The van der Waals surface area contributed by atoms with Crippen molar-refractivity contribution in [2.75, 3.05) is 6.61 Å². The topological polar surface area (TPSA) is 215 Å². The Kier molecular flexibility index (Phi) is 7.66. The molecule has 0 bridgehead atoms.